The molecule has 2 N–H and O–H groups in total. The largest absolute Gasteiger partial charge is 0.508 e. The van der Waals surface area contributed by atoms with E-state index < -0.39 is 11.7 Å². The Labute approximate surface area is 120 Å². The zero-order chi connectivity index (χ0) is 15.0. The summed E-state index contributed by atoms with van der Waals surface area (Å²) in [5.74, 6) is 0.0833. The molecular weight excluding hydrogens is 279 g/mol. The number of alkyl halides is 3. The second kappa shape index (κ2) is 4.98. The highest BCUT2D eigenvalue weighted by Crippen LogP contribution is 2.42. The summed E-state index contributed by atoms with van der Waals surface area (Å²) in [6, 6.07) is 10.7. The average Bonchev–Trinajstić information content (AvgIpc) is 2.46. The van der Waals surface area contributed by atoms with Gasteiger partial charge < -0.3 is 10.4 Å². The van der Waals surface area contributed by atoms with E-state index in [1.165, 1.54) is 6.07 Å². The van der Waals surface area contributed by atoms with Gasteiger partial charge in [0, 0.05) is 23.7 Å². The Bertz CT molecular complexity index is 667. The molecule has 0 saturated carbocycles. The van der Waals surface area contributed by atoms with Crippen LogP contribution in [0.5, 0.6) is 5.75 Å². The van der Waals surface area contributed by atoms with Gasteiger partial charge in [-0.05, 0) is 30.2 Å². The van der Waals surface area contributed by atoms with E-state index in [1.54, 1.807) is 12.1 Å². The van der Waals surface area contributed by atoms with Gasteiger partial charge in [0.05, 0.1) is 5.56 Å². The number of hydrogen-bond donors (Lipinski definition) is 2. The monoisotopic (exact) mass is 293 g/mol. The van der Waals surface area contributed by atoms with Gasteiger partial charge in [0.1, 0.15) is 5.75 Å². The minimum Gasteiger partial charge on any atom is -0.508 e. The number of para-hydroxylation sites is 1. The first-order valence-corrected chi connectivity index (χ1v) is 6.70. The van der Waals surface area contributed by atoms with E-state index in [0.717, 1.165) is 29.7 Å². The Kier molecular flexibility index (Phi) is 3.27. The maximum absolute atomic E-state index is 12.8. The van der Waals surface area contributed by atoms with Crippen molar-refractivity contribution in [2.75, 3.05) is 11.9 Å². The number of hydrogen-bond acceptors (Lipinski definition) is 2. The molecule has 1 aliphatic rings. The molecule has 2 aromatic carbocycles. The second-order valence-electron chi connectivity index (χ2n) is 5.13. The van der Waals surface area contributed by atoms with Crippen LogP contribution < -0.4 is 5.32 Å². The quantitative estimate of drug-likeness (QED) is 0.819. The number of halogens is 3. The first kappa shape index (κ1) is 13.8. The zero-order valence-electron chi connectivity index (χ0n) is 11.1. The lowest BCUT2D eigenvalue weighted by Gasteiger charge is -2.28. The van der Waals surface area contributed by atoms with E-state index in [9.17, 15) is 18.3 Å². The molecule has 2 nitrogen and oxygen atoms in total. The zero-order valence-corrected chi connectivity index (χ0v) is 11.1. The van der Waals surface area contributed by atoms with Crippen molar-refractivity contribution in [1.82, 2.24) is 0 Å². The Morgan fingerprint density at radius 2 is 1.81 bits per heavy atom. The SMILES string of the molecule is Oc1ccccc1C1CCNc2cc(C(F)(F)F)ccc21. The van der Waals surface area contributed by atoms with Gasteiger partial charge in [0.2, 0.25) is 0 Å². The van der Waals surface area contributed by atoms with Crippen LogP contribution in [0.4, 0.5) is 18.9 Å². The number of phenolic OH excluding ortho intramolecular Hbond substituents is 1. The molecule has 0 bridgehead atoms. The Morgan fingerprint density at radius 3 is 2.52 bits per heavy atom. The number of nitrogens with one attached hydrogen (secondary N) is 1. The molecule has 2 aromatic rings. The van der Waals surface area contributed by atoms with Crippen LogP contribution in [0.2, 0.25) is 0 Å². The molecule has 0 amide bonds. The lowest BCUT2D eigenvalue weighted by atomic mass is 9.84. The van der Waals surface area contributed by atoms with Crippen molar-refractivity contribution in [3.63, 3.8) is 0 Å². The van der Waals surface area contributed by atoms with Crippen molar-refractivity contribution in [2.24, 2.45) is 0 Å². The minimum absolute atomic E-state index is 0.0928. The summed E-state index contributed by atoms with van der Waals surface area (Å²) < 4.78 is 38.3. The van der Waals surface area contributed by atoms with Crippen molar-refractivity contribution in [3.05, 3.63) is 59.2 Å². The van der Waals surface area contributed by atoms with Crippen LogP contribution in [0.25, 0.3) is 0 Å². The number of anilines is 1. The smallest absolute Gasteiger partial charge is 0.416 e. The number of fused-ring (bicyclic) bond motifs is 1. The van der Waals surface area contributed by atoms with Gasteiger partial charge in [0.25, 0.3) is 0 Å². The van der Waals surface area contributed by atoms with Crippen LogP contribution in [-0.4, -0.2) is 11.7 Å². The average molecular weight is 293 g/mol. The van der Waals surface area contributed by atoms with Crippen LogP contribution in [-0.2, 0) is 6.18 Å². The normalized spacial score (nSPS) is 18.0. The molecule has 0 radical (unpaired) electrons. The summed E-state index contributed by atoms with van der Waals surface area (Å²) in [6.07, 6.45) is -3.62. The minimum atomic E-state index is -4.35. The molecule has 0 aromatic heterocycles. The molecule has 0 aliphatic carbocycles. The number of aromatic hydroxyl groups is 1. The van der Waals surface area contributed by atoms with Crippen molar-refractivity contribution in [1.29, 1.82) is 0 Å². The van der Waals surface area contributed by atoms with Gasteiger partial charge in [-0.1, -0.05) is 24.3 Å². The molecule has 0 fully saturated rings. The predicted octanol–water partition coefficient (Wildman–Crippen LogP) is 4.36. The van der Waals surface area contributed by atoms with E-state index in [4.69, 9.17) is 0 Å². The van der Waals surface area contributed by atoms with Crippen molar-refractivity contribution in [3.8, 4) is 5.75 Å². The Hall–Kier alpha value is -2.17. The molecule has 1 atom stereocenters. The van der Waals surface area contributed by atoms with Gasteiger partial charge in [-0.2, -0.15) is 13.2 Å². The molecule has 5 heteroatoms. The maximum atomic E-state index is 12.8. The highest BCUT2D eigenvalue weighted by atomic mass is 19.4. The molecule has 1 heterocycles. The van der Waals surface area contributed by atoms with E-state index in [2.05, 4.69) is 5.32 Å². The molecular formula is C16H14F3NO. The third-order valence-corrected chi connectivity index (χ3v) is 3.82. The van der Waals surface area contributed by atoms with E-state index in [-0.39, 0.29) is 11.7 Å². The standard InChI is InChI=1S/C16H14F3NO/c17-16(18,19)10-5-6-12-11(7-8-20-14(12)9-10)13-3-1-2-4-15(13)21/h1-6,9,11,20-21H,7-8H2. The Balaban J connectivity index is 2.05. The number of phenols is 1. The molecule has 3 rings (SSSR count). The predicted molar refractivity (Wildman–Crippen MR) is 74.5 cm³/mol. The lowest BCUT2D eigenvalue weighted by molar-refractivity contribution is -0.137. The second-order valence-corrected chi connectivity index (χ2v) is 5.13. The van der Waals surface area contributed by atoms with Gasteiger partial charge in [-0.3, -0.25) is 0 Å². The highest BCUT2D eigenvalue weighted by molar-refractivity contribution is 5.60. The van der Waals surface area contributed by atoms with Crippen LogP contribution >= 0.6 is 0 Å². The van der Waals surface area contributed by atoms with Crippen LogP contribution in [0.1, 0.15) is 29.0 Å². The van der Waals surface area contributed by atoms with Crippen molar-refractivity contribution >= 4 is 5.69 Å². The molecule has 0 spiro atoms. The molecule has 21 heavy (non-hydrogen) atoms. The third-order valence-electron chi connectivity index (χ3n) is 3.82. The van der Waals surface area contributed by atoms with Gasteiger partial charge in [0.15, 0.2) is 0 Å². The fourth-order valence-corrected chi connectivity index (χ4v) is 2.80. The summed E-state index contributed by atoms with van der Waals surface area (Å²) in [5, 5.41) is 13.0. The molecule has 110 valence electrons. The van der Waals surface area contributed by atoms with Crippen molar-refractivity contribution < 1.29 is 18.3 Å². The van der Waals surface area contributed by atoms with Crippen LogP contribution in [0.15, 0.2) is 42.5 Å². The fraction of sp³-hybridized carbons (Fsp3) is 0.250. The molecule has 1 aliphatic heterocycles. The summed E-state index contributed by atoms with van der Waals surface area (Å²) in [7, 11) is 0. The van der Waals surface area contributed by atoms with Crippen LogP contribution in [0, 0.1) is 0 Å². The first-order valence-electron chi connectivity index (χ1n) is 6.70. The summed E-state index contributed by atoms with van der Waals surface area (Å²) in [6.45, 7) is 0.577. The summed E-state index contributed by atoms with van der Waals surface area (Å²) in [4.78, 5) is 0. The number of rotatable bonds is 1. The van der Waals surface area contributed by atoms with Gasteiger partial charge >= 0.3 is 6.18 Å². The summed E-state index contributed by atoms with van der Waals surface area (Å²) >= 11 is 0. The van der Waals surface area contributed by atoms with E-state index >= 15 is 0 Å². The van der Waals surface area contributed by atoms with Crippen LogP contribution in [0.3, 0.4) is 0 Å². The fourth-order valence-electron chi connectivity index (χ4n) is 2.80. The highest BCUT2D eigenvalue weighted by Gasteiger charge is 2.32. The van der Waals surface area contributed by atoms with E-state index in [0.29, 0.717) is 12.2 Å². The topological polar surface area (TPSA) is 32.3 Å². The van der Waals surface area contributed by atoms with E-state index in [1.807, 2.05) is 12.1 Å². The number of benzene rings is 2. The lowest BCUT2D eigenvalue weighted by Crippen LogP contribution is -2.19. The summed E-state index contributed by atoms with van der Waals surface area (Å²) in [5.41, 5.74) is 1.37. The van der Waals surface area contributed by atoms with Crippen molar-refractivity contribution in [2.45, 2.75) is 18.5 Å². The van der Waals surface area contributed by atoms with Gasteiger partial charge in [-0.15, -0.1) is 0 Å². The Morgan fingerprint density at radius 1 is 1.05 bits per heavy atom. The first-order chi connectivity index (χ1) is 9.97. The molecule has 0 saturated heterocycles. The maximum Gasteiger partial charge on any atom is 0.416 e. The van der Waals surface area contributed by atoms with Gasteiger partial charge in [-0.25, -0.2) is 0 Å². The third kappa shape index (κ3) is 2.55. The molecule has 1 unspecified atom stereocenters.